The van der Waals surface area contributed by atoms with Gasteiger partial charge in [-0.1, -0.05) is 42.8 Å². The molecular formula is C26H32ClN3O2S. The van der Waals surface area contributed by atoms with Crippen LogP contribution in [0.1, 0.15) is 49.4 Å². The standard InChI is InChI=1S/C26H32ClN3O2S/c1-4-21-18-29-15-13-24(21)23-10-7-9-22(17-23)20(3)30(16-6-5-14-28)33(31,32)26-12-8-11-25(27)19(26)2/h7-13,15,17-18,20H,4-6,14,16,28H2,1-3H3. The van der Waals surface area contributed by atoms with Gasteiger partial charge in [0, 0.05) is 30.0 Å². The number of halogens is 1. The molecule has 3 aromatic rings. The summed E-state index contributed by atoms with van der Waals surface area (Å²) in [6, 6.07) is 14.8. The second-order valence-electron chi connectivity index (χ2n) is 8.16. The van der Waals surface area contributed by atoms with Gasteiger partial charge >= 0.3 is 0 Å². The molecule has 0 aliphatic heterocycles. The number of hydrogen-bond acceptors (Lipinski definition) is 4. The number of sulfonamides is 1. The molecule has 0 saturated heterocycles. The Kier molecular flexibility index (Phi) is 8.65. The summed E-state index contributed by atoms with van der Waals surface area (Å²) in [6.07, 6.45) is 5.98. The van der Waals surface area contributed by atoms with Crippen molar-refractivity contribution in [2.24, 2.45) is 5.73 Å². The van der Waals surface area contributed by atoms with Crippen molar-refractivity contribution in [2.75, 3.05) is 13.1 Å². The molecule has 0 saturated carbocycles. The second-order valence-corrected chi connectivity index (χ2v) is 10.4. The topological polar surface area (TPSA) is 76.3 Å². The van der Waals surface area contributed by atoms with Crippen LogP contribution in [0.3, 0.4) is 0 Å². The van der Waals surface area contributed by atoms with Crippen molar-refractivity contribution in [2.45, 2.75) is 51.0 Å². The van der Waals surface area contributed by atoms with Crippen LogP contribution in [0.25, 0.3) is 11.1 Å². The van der Waals surface area contributed by atoms with Crippen LogP contribution in [0.15, 0.2) is 65.8 Å². The third kappa shape index (κ3) is 5.64. The molecule has 0 aliphatic rings. The first-order valence-corrected chi connectivity index (χ1v) is 13.1. The van der Waals surface area contributed by atoms with Gasteiger partial charge < -0.3 is 5.73 Å². The number of nitrogens with zero attached hydrogens (tertiary/aromatic N) is 2. The molecule has 176 valence electrons. The molecule has 1 aromatic heterocycles. The van der Waals surface area contributed by atoms with E-state index in [4.69, 9.17) is 17.3 Å². The smallest absolute Gasteiger partial charge is 0.243 e. The van der Waals surface area contributed by atoms with Crippen molar-refractivity contribution >= 4 is 21.6 Å². The number of rotatable bonds is 10. The zero-order valence-electron chi connectivity index (χ0n) is 19.5. The summed E-state index contributed by atoms with van der Waals surface area (Å²) in [5.41, 5.74) is 10.5. The number of aryl methyl sites for hydroxylation is 1. The van der Waals surface area contributed by atoms with Gasteiger partial charge in [0.2, 0.25) is 10.0 Å². The predicted molar refractivity (Wildman–Crippen MR) is 136 cm³/mol. The first kappa shape index (κ1) is 25.4. The van der Waals surface area contributed by atoms with Crippen LogP contribution < -0.4 is 5.73 Å². The van der Waals surface area contributed by atoms with Crippen LogP contribution in [-0.2, 0) is 16.4 Å². The Morgan fingerprint density at radius 2 is 1.88 bits per heavy atom. The molecule has 0 radical (unpaired) electrons. The maximum Gasteiger partial charge on any atom is 0.243 e. The summed E-state index contributed by atoms with van der Waals surface area (Å²) >= 11 is 6.26. The Hall–Kier alpha value is -2.25. The number of nitrogens with two attached hydrogens (primary N) is 1. The van der Waals surface area contributed by atoms with E-state index >= 15 is 0 Å². The van der Waals surface area contributed by atoms with Gasteiger partial charge in [-0.25, -0.2) is 8.42 Å². The highest BCUT2D eigenvalue weighted by Crippen LogP contribution is 2.33. The number of hydrogen-bond donors (Lipinski definition) is 1. The fraction of sp³-hybridized carbons (Fsp3) is 0.346. The molecule has 5 nitrogen and oxygen atoms in total. The summed E-state index contributed by atoms with van der Waals surface area (Å²) in [5, 5.41) is 0.442. The summed E-state index contributed by atoms with van der Waals surface area (Å²) < 4.78 is 29.2. The Morgan fingerprint density at radius 3 is 2.61 bits per heavy atom. The fourth-order valence-electron chi connectivity index (χ4n) is 4.05. The minimum Gasteiger partial charge on any atom is -0.330 e. The zero-order valence-corrected chi connectivity index (χ0v) is 21.0. The Morgan fingerprint density at radius 1 is 1.12 bits per heavy atom. The van der Waals surface area contributed by atoms with E-state index in [-0.39, 0.29) is 10.9 Å². The van der Waals surface area contributed by atoms with Gasteiger partial charge in [-0.05, 0) is 91.7 Å². The van der Waals surface area contributed by atoms with Gasteiger partial charge in [0.05, 0.1) is 4.90 Å². The molecule has 1 heterocycles. The summed E-state index contributed by atoms with van der Waals surface area (Å²) in [5.74, 6) is 0. The van der Waals surface area contributed by atoms with Crippen LogP contribution in [0, 0.1) is 6.92 Å². The molecule has 0 bridgehead atoms. The molecule has 0 aliphatic carbocycles. The first-order valence-electron chi connectivity index (χ1n) is 11.3. The van der Waals surface area contributed by atoms with Crippen LogP contribution in [-0.4, -0.2) is 30.8 Å². The number of benzene rings is 2. The largest absolute Gasteiger partial charge is 0.330 e. The molecule has 1 atom stereocenters. The molecule has 0 spiro atoms. The molecule has 0 fully saturated rings. The Bertz CT molecular complexity index is 1200. The average Bonchev–Trinajstić information content (AvgIpc) is 2.83. The molecule has 33 heavy (non-hydrogen) atoms. The third-order valence-electron chi connectivity index (χ3n) is 6.03. The predicted octanol–water partition coefficient (Wildman–Crippen LogP) is 5.76. The number of aromatic nitrogens is 1. The highest BCUT2D eigenvalue weighted by Gasteiger charge is 2.31. The summed E-state index contributed by atoms with van der Waals surface area (Å²) in [6.45, 7) is 6.69. The maximum atomic E-state index is 13.8. The lowest BCUT2D eigenvalue weighted by atomic mass is 9.97. The van der Waals surface area contributed by atoms with Crippen molar-refractivity contribution in [3.05, 3.63) is 82.6 Å². The highest BCUT2D eigenvalue weighted by molar-refractivity contribution is 7.89. The Labute approximate surface area is 202 Å². The molecule has 1 unspecified atom stereocenters. The van der Waals surface area contributed by atoms with Crippen molar-refractivity contribution < 1.29 is 8.42 Å². The lowest BCUT2D eigenvalue weighted by Gasteiger charge is -2.30. The number of unbranched alkanes of at least 4 members (excludes halogenated alkanes) is 1. The number of pyridine rings is 1. The van der Waals surface area contributed by atoms with Gasteiger partial charge in [-0.15, -0.1) is 0 Å². The highest BCUT2D eigenvalue weighted by atomic mass is 35.5. The van der Waals surface area contributed by atoms with E-state index in [2.05, 4.69) is 24.0 Å². The molecule has 3 rings (SSSR count). The summed E-state index contributed by atoms with van der Waals surface area (Å²) in [4.78, 5) is 4.49. The van der Waals surface area contributed by atoms with E-state index in [0.29, 0.717) is 30.1 Å². The van der Waals surface area contributed by atoms with Gasteiger partial charge in [0.1, 0.15) is 0 Å². The van der Waals surface area contributed by atoms with E-state index in [1.165, 1.54) is 0 Å². The van der Waals surface area contributed by atoms with Crippen molar-refractivity contribution in [1.82, 2.24) is 9.29 Å². The minimum absolute atomic E-state index is 0.244. The first-order chi connectivity index (χ1) is 15.8. The molecule has 0 amide bonds. The molecule has 7 heteroatoms. The quantitative estimate of drug-likeness (QED) is 0.370. The van der Waals surface area contributed by atoms with Gasteiger partial charge in [-0.3, -0.25) is 4.98 Å². The lowest BCUT2D eigenvalue weighted by Crippen LogP contribution is -2.35. The lowest BCUT2D eigenvalue weighted by molar-refractivity contribution is 0.335. The average molecular weight is 486 g/mol. The van der Waals surface area contributed by atoms with Crippen molar-refractivity contribution in [1.29, 1.82) is 0 Å². The van der Waals surface area contributed by atoms with Crippen LogP contribution in [0.5, 0.6) is 0 Å². The monoisotopic (exact) mass is 485 g/mol. The molecule has 2 N–H and O–H groups in total. The molecule has 2 aromatic carbocycles. The van der Waals surface area contributed by atoms with Crippen LogP contribution in [0.2, 0.25) is 5.02 Å². The molecular weight excluding hydrogens is 454 g/mol. The SMILES string of the molecule is CCc1cnccc1-c1cccc(C(C)N(CCCCN)S(=O)(=O)c2cccc(Cl)c2C)c1. The van der Waals surface area contributed by atoms with Gasteiger partial charge in [-0.2, -0.15) is 4.31 Å². The van der Waals surface area contributed by atoms with E-state index in [1.54, 1.807) is 35.6 Å². The fourth-order valence-corrected chi connectivity index (χ4v) is 6.19. The second kappa shape index (κ2) is 11.3. The van der Waals surface area contributed by atoms with Gasteiger partial charge in [0.15, 0.2) is 0 Å². The zero-order chi connectivity index (χ0) is 24.0. The van der Waals surface area contributed by atoms with Crippen molar-refractivity contribution in [3.8, 4) is 11.1 Å². The normalized spacial score (nSPS) is 12.8. The van der Waals surface area contributed by atoms with Crippen LogP contribution in [0.4, 0.5) is 0 Å². The Balaban J connectivity index is 2.04. The van der Waals surface area contributed by atoms with Gasteiger partial charge in [0.25, 0.3) is 0 Å². The maximum absolute atomic E-state index is 13.8. The van der Waals surface area contributed by atoms with Crippen molar-refractivity contribution in [3.63, 3.8) is 0 Å². The summed E-state index contributed by atoms with van der Waals surface area (Å²) in [7, 11) is -3.77. The van der Waals surface area contributed by atoms with E-state index < -0.39 is 10.0 Å². The van der Waals surface area contributed by atoms with E-state index in [9.17, 15) is 8.42 Å². The van der Waals surface area contributed by atoms with E-state index in [1.807, 2.05) is 31.3 Å². The van der Waals surface area contributed by atoms with E-state index in [0.717, 1.165) is 35.1 Å². The minimum atomic E-state index is -3.77. The third-order valence-corrected chi connectivity index (χ3v) is 8.56. The van der Waals surface area contributed by atoms with Crippen LogP contribution >= 0.6 is 11.6 Å².